The van der Waals surface area contributed by atoms with E-state index < -0.39 is 0 Å². The molecule has 0 atom stereocenters. The smallest absolute Gasteiger partial charge is 0.236 e. The van der Waals surface area contributed by atoms with Gasteiger partial charge in [-0.1, -0.05) is 0 Å². The minimum Gasteiger partial charge on any atom is -0.368 e. The second kappa shape index (κ2) is 8.99. The molecule has 1 aromatic carbocycles. The van der Waals surface area contributed by atoms with Crippen LogP contribution in [0.1, 0.15) is 0 Å². The summed E-state index contributed by atoms with van der Waals surface area (Å²) in [6, 6.07) is 10.1. The Bertz CT molecular complexity index is 754. The molecule has 3 heterocycles. The lowest BCUT2D eigenvalue weighted by Crippen LogP contribution is -2.53. The number of benzene rings is 1. The van der Waals surface area contributed by atoms with Crippen molar-refractivity contribution in [3.05, 3.63) is 42.7 Å². The number of carbonyl (C=O) groups excluding carboxylic acids is 1. The number of hydrogen-bond acceptors (Lipinski definition) is 7. The average Bonchev–Trinajstić information content (AvgIpc) is 2.76. The van der Waals surface area contributed by atoms with E-state index in [4.69, 9.17) is 0 Å². The fraction of sp³-hybridized carbons (Fsp3) is 0.450. The van der Waals surface area contributed by atoms with Gasteiger partial charge in [0.15, 0.2) is 0 Å². The van der Waals surface area contributed by atoms with Crippen molar-refractivity contribution in [1.29, 1.82) is 0 Å². The van der Waals surface area contributed by atoms with E-state index in [1.165, 1.54) is 5.69 Å². The molecule has 2 N–H and O–H groups in total. The Morgan fingerprint density at radius 1 is 0.964 bits per heavy atom. The molecule has 148 valence electrons. The van der Waals surface area contributed by atoms with E-state index in [-0.39, 0.29) is 5.91 Å². The van der Waals surface area contributed by atoms with E-state index in [0.717, 1.165) is 58.0 Å². The van der Waals surface area contributed by atoms with Crippen molar-refractivity contribution in [2.75, 3.05) is 69.1 Å². The van der Waals surface area contributed by atoms with Gasteiger partial charge >= 0.3 is 0 Å². The summed E-state index contributed by atoms with van der Waals surface area (Å²) in [5.41, 5.74) is 2.13. The molecule has 0 spiro atoms. The SMILES string of the molecule is O=C(CN1CCNCC1)N1CCN(c2ccc(Nc3ncccn3)cc2)CC1. The minimum atomic E-state index is 0.254. The van der Waals surface area contributed by atoms with Crippen molar-refractivity contribution in [2.45, 2.75) is 0 Å². The van der Waals surface area contributed by atoms with E-state index in [2.05, 4.69) is 42.5 Å². The number of nitrogens with zero attached hydrogens (tertiary/aromatic N) is 5. The van der Waals surface area contributed by atoms with Gasteiger partial charge in [-0.05, 0) is 30.3 Å². The van der Waals surface area contributed by atoms with Crippen LogP contribution in [0, 0.1) is 0 Å². The molecule has 2 aliphatic heterocycles. The van der Waals surface area contributed by atoms with Gasteiger partial charge in [0.25, 0.3) is 0 Å². The van der Waals surface area contributed by atoms with E-state index in [1.54, 1.807) is 18.5 Å². The van der Waals surface area contributed by atoms with Gasteiger partial charge in [-0.3, -0.25) is 9.69 Å². The summed E-state index contributed by atoms with van der Waals surface area (Å²) in [6.07, 6.45) is 3.43. The molecule has 2 saturated heterocycles. The van der Waals surface area contributed by atoms with Crippen LogP contribution >= 0.6 is 0 Å². The maximum absolute atomic E-state index is 12.6. The first kappa shape index (κ1) is 18.6. The fourth-order valence-corrected chi connectivity index (χ4v) is 3.62. The highest BCUT2D eigenvalue weighted by molar-refractivity contribution is 5.78. The Morgan fingerprint density at radius 2 is 1.64 bits per heavy atom. The molecule has 2 aromatic rings. The first-order valence-electron chi connectivity index (χ1n) is 9.88. The normalized spacial score (nSPS) is 18.1. The molecular formula is C20H27N7O. The second-order valence-corrected chi connectivity index (χ2v) is 7.14. The molecule has 0 bridgehead atoms. The predicted octanol–water partition coefficient (Wildman–Crippen LogP) is 0.774. The highest BCUT2D eigenvalue weighted by Crippen LogP contribution is 2.21. The van der Waals surface area contributed by atoms with Crippen LogP contribution in [0.15, 0.2) is 42.7 Å². The van der Waals surface area contributed by atoms with Gasteiger partial charge in [0.1, 0.15) is 0 Å². The van der Waals surface area contributed by atoms with Crippen LogP contribution in [0.3, 0.4) is 0 Å². The van der Waals surface area contributed by atoms with Crippen LogP contribution in [-0.4, -0.2) is 84.6 Å². The Labute approximate surface area is 165 Å². The van der Waals surface area contributed by atoms with Crippen molar-refractivity contribution < 1.29 is 4.79 Å². The Morgan fingerprint density at radius 3 is 2.32 bits per heavy atom. The third kappa shape index (κ3) is 4.76. The molecule has 0 aliphatic carbocycles. The molecule has 1 amide bonds. The van der Waals surface area contributed by atoms with Crippen molar-refractivity contribution in [2.24, 2.45) is 0 Å². The zero-order valence-electron chi connectivity index (χ0n) is 16.0. The monoisotopic (exact) mass is 381 g/mol. The van der Waals surface area contributed by atoms with Gasteiger partial charge in [-0.15, -0.1) is 0 Å². The molecule has 0 radical (unpaired) electrons. The van der Waals surface area contributed by atoms with Crippen LogP contribution in [0.4, 0.5) is 17.3 Å². The Kier molecular flexibility index (Phi) is 5.98. The third-order valence-electron chi connectivity index (χ3n) is 5.26. The molecule has 0 unspecified atom stereocenters. The maximum atomic E-state index is 12.6. The molecule has 4 rings (SSSR count). The van der Waals surface area contributed by atoms with Crippen molar-refractivity contribution in [3.8, 4) is 0 Å². The summed E-state index contributed by atoms with van der Waals surface area (Å²) < 4.78 is 0. The molecule has 0 saturated carbocycles. The Hall–Kier alpha value is -2.71. The molecule has 8 heteroatoms. The number of nitrogens with one attached hydrogen (secondary N) is 2. The van der Waals surface area contributed by atoms with Crippen LogP contribution in [0.25, 0.3) is 0 Å². The molecule has 28 heavy (non-hydrogen) atoms. The summed E-state index contributed by atoms with van der Waals surface area (Å²) in [5, 5.41) is 6.52. The molecule has 2 aliphatic rings. The van der Waals surface area contributed by atoms with Gasteiger partial charge in [0.2, 0.25) is 11.9 Å². The first-order valence-corrected chi connectivity index (χ1v) is 9.88. The van der Waals surface area contributed by atoms with Crippen molar-refractivity contribution in [3.63, 3.8) is 0 Å². The molecule has 2 fully saturated rings. The minimum absolute atomic E-state index is 0.254. The Balaban J connectivity index is 1.27. The third-order valence-corrected chi connectivity index (χ3v) is 5.26. The lowest BCUT2D eigenvalue weighted by Gasteiger charge is -2.37. The number of piperazine rings is 2. The predicted molar refractivity (Wildman–Crippen MR) is 110 cm³/mol. The van der Waals surface area contributed by atoms with E-state index in [0.29, 0.717) is 12.5 Å². The lowest BCUT2D eigenvalue weighted by atomic mass is 10.2. The molecule has 1 aromatic heterocycles. The average molecular weight is 381 g/mol. The zero-order valence-corrected chi connectivity index (χ0v) is 16.0. The number of rotatable bonds is 5. The van der Waals surface area contributed by atoms with Crippen LogP contribution < -0.4 is 15.5 Å². The van der Waals surface area contributed by atoms with E-state index >= 15 is 0 Å². The van der Waals surface area contributed by atoms with Crippen molar-refractivity contribution >= 4 is 23.2 Å². The van der Waals surface area contributed by atoms with Gasteiger partial charge < -0.3 is 20.4 Å². The van der Waals surface area contributed by atoms with Gasteiger partial charge in [-0.2, -0.15) is 0 Å². The lowest BCUT2D eigenvalue weighted by molar-refractivity contribution is -0.132. The summed E-state index contributed by atoms with van der Waals surface area (Å²) >= 11 is 0. The quantitative estimate of drug-likeness (QED) is 0.792. The van der Waals surface area contributed by atoms with Gasteiger partial charge in [0, 0.05) is 76.1 Å². The number of aromatic nitrogens is 2. The van der Waals surface area contributed by atoms with Crippen LogP contribution in [-0.2, 0) is 4.79 Å². The highest BCUT2D eigenvalue weighted by atomic mass is 16.2. The molecular weight excluding hydrogens is 354 g/mol. The van der Waals surface area contributed by atoms with E-state index in [9.17, 15) is 4.79 Å². The van der Waals surface area contributed by atoms with Crippen LogP contribution in [0.2, 0.25) is 0 Å². The highest BCUT2D eigenvalue weighted by Gasteiger charge is 2.23. The van der Waals surface area contributed by atoms with Gasteiger partial charge in [-0.25, -0.2) is 9.97 Å². The van der Waals surface area contributed by atoms with Crippen LogP contribution in [0.5, 0.6) is 0 Å². The summed E-state index contributed by atoms with van der Waals surface area (Å²) in [6.45, 7) is 7.70. The fourth-order valence-electron chi connectivity index (χ4n) is 3.62. The number of hydrogen-bond donors (Lipinski definition) is 2. The van der Waals surface area contributed by atoms with E-state index in [1.807, 2.05) is 17.0 Å². The zero-order chi connectivity index (χ0) is 19.2. The summed E-state index contributed by atoms with van der Waals surface area (Å²) in [5.74, 6) is 0.843. The number of carbonyl (C=O) groups is 1. The number of amides is 1. The summed E-state index contributed by atoms with van der Waals surface area (Å²) in [7, 11) is 0. The largest absolute Gasteiger partial charge is 0.368 e. The maximum Gasteiger partial charge on any atom is 0.236 e. The topological polar surface area (TPSA) is 76.6 Å². The first-order chi connectivity index (χ1) is 13.8. The van der Waals surface area contributed by atoms with Gasteiger partial charge in [0.05, 0.1) is 6.54 Å². The molecule has 8 nitrogen and oxygen atoms in total. The standard InChI is InChI=1S/C20H27N7O/c28-19(16-25-10-8-21-9-11-25)27-14-12-26(13-15-27)18-4-2-17(3-5-18)24-20-22-6-1-7-23-20/h1-7,21H,8-16H2,(H,22,23,24). The second-order valence-electron chi connectivity index (χ2n) is 7.14. The summed E-state index contributed by atoms with van der Waals surface area (Å²) in [4.78, 5) is 27.5. The van der Waals surface area contributed by atoms with Crippen molar-refractivity contribution in [1.82, 2.24) is 25.1 Å². The number of anilines is 3.